The standard InChI is InChI=1S/C32H24BrN3O6/c33-27-18-22(11-16-28(27)42-20-29(37)34-23-9-5-2-6-10-23)17-26-30(38)35-32(40)36(31(26)39)24-12-14-25(15-13-24)41-19-21-7-3-1-4-8-21/h1-18H,19-20H2,(H,34,37)(H,35,38,40)/b26-17+. The molecule has 10 heteroatoms. The number of urea groups is 1. The first kappa shape index (κ1) is 28.3. The fourth-order valence-electron chi connectivity index (χ4n) is 4.08. The van der Waals surface area contributed by atoms with Gasteiger partial charge in [0.05, 0.1) is 10.2 Å². The number of halogens is 1. The Bertz CT molecular complexity index is 1660. The van der Waals surface area contributed by atoms with Gasteiger partial charge in [-0.05, 0) is 81.7 Å². The maximum atomic E-state index is 13.3. The van der Waals surface area contributed by atoms with E-state index in [2.05, 4.69) is 26.6 Å². The van der Waals surface area contributed by atoms with E-state index < -0.39 is 17.8 Å². The molecule has 0 aromatic heterocycles. The lowest BCUT2D eigenvalue weighted by molar-refractivity contribution is -0.122. The lowest BCUT2D eigenvalue weighted by atomic mass is 10.1. The quantitative estimate of drug-likeness (QED) is 0.182. The van der Waals surface area contributed by atoms with Crippen LogP contribution >= 0.6 is 15.9 Å². The number of imide groups is 2. The second kappa shape index (κ2) is 13.0. The van der Waals surface area contributed by atoms with E-state index in [0.717, 1.165) is 10.5 Å². The Morgan fingerprint density at radius 3 is 2.24 bits per heavy atom. The van der Waals surface area contributed by atoms with Gasteiger partial charge in [-0.3, -0.25) is 19.7 Å². The third-order valence-electron chi connectivity index (χ3n) is 6.13. The number of rotatable bonds is 9. The molecule has 5 rings (SSSR count). The van der Waals surface area contributed by atoms with E-state index in [4.69, 9.17) is 9.47 Å². The Labute approximate surface area is 249 Å². The molecule has 0 atom stereocenters. The molecule has 0 unspecified atom stereocenters. The SMILES string of the molecule is O=C(COc1ccc(/C=C2\C(=O)NC(=O)N(c3ccc(OCc4ccccc4)cc3)C2=O)cc1Br)Nc1ccccc1. The number of barbiturate groups is 1. The lowest BCUT2D eigenvalue weighted by Crippen LogP contribution is -2.54. The number of anilines is 2. The van der Waals surface area contributed by atoms with Crippen LogP contribution in [-0.4, -0.2) is 30.4 Å². The molecule has 42 heavy (non-hydrogen) atoms. The summed E-state index contributed by atoms with van der Waals surface area (Å²) in [6, 6.07) is 29.1. The summed E-state index contributed by atoms with van der Waals surface area (Å²) in [5.74, 6) is -0.951. The molecule has 210 valence electrons. The number of nitrogens with one attached hydrogen (secondary N) is 2. The molecule has 0 aliphatic carbocycles. The fraction of sp³-hybridized carbons (Fsp3) is 0.0625. The molecule has 0 saturated carbocycles. The van der Waals surface area contributed by atoms with Crippen molar-refractivity contribution in [3.63, 3.8) is 0 Å². The van der Waals surface area contributed by atoms with E-state index in [-0.39, 0.29) is 23.8 Å². The molecule has 1 fully saturated rings. The number of hydrogen-bond donors (Lipinski definition) is 2. The molecule has 0 spiro atoms. The predicted molar refractivity (Wildman–Crippen MR) is 161 cm³/mol. The number of hydrogen-bond acceptors (Lipinski definition) is 6. The zero-order valence-electron chi connectivity index (χ0n) is 22.1. The van der Waals surface area contributed by atoms with Crippen LogP contribution in [0.25, 0.3) is 6.08 Å². The zero-order chi connectivity index (χ0) is 29.5. The second-order valence-corrected chi connectivity index (χ2v) is 9.97. The molecule has 9 nitrogen and oxygen atoms in total. The Hall–Kier alpha value is -5.22. The number of ether oxygens (including phenoxy) is 2. The monoisotopic (exact) mass is 625 g/mol. The van der Waals surface area contributed by atoms with Crippen LogP contribution in [0.4, 0.5) is 16.2 Å². The molecule has 4 aromatic rings. The molecule has 5 amide bonds. The van der Waals surface area contributed by atoms with Crippen LogP contribution in [0.5, 0.6) is 11.5 Å². The Morgan fingerprint density at radius 1 is 0.857 bits per heavy atom. The predicted octanol–water partition coefficient (Wildman–Crippen LogP) is 5.71. The van der Waals surface area contributed by atoms with E-state index >= 15 is 0 Å². The molecule has 0 radical (unpaired) electrons. The van der Waals surface area contributed by atoms with Crippen molar-refractivity contribution in [1.82, 2.24) is 5.32 Å². The van der Waals surface area contributed by atoms with Gasteiger partial charge in [0.2, 0.25) is 0 Å². The number of amides is 5. The first-order chi connectivity index (χ1) is 20.4. The van der Waals surface area contributed by atoms with Crippen LogP contribution in [0, 0.1) is 0 Å². The minimum Gasteiger partial charge on any atom is -0.489 e. The van der Waals surface area contributed by atoms with Crippen molar-refractivity contribution in [3.05, 3.63) is 124 Å². The smallest absolute Gasteiger partial charge is 0.335 e. The minimum absolute atomic E-state index is 0.220. The molecule has 1 aliphatic rings. The van der Waals surface area contributed by atoms with E-state index in [9.17, 15) is 19.2 Å². The summed E-state index contributed by atoms with van der Waals surface area (Å²) in [5, 5.41) is 4.95. The first-order valence-electron chi connectivity index (χ1n) is 12.8. The molecular formula is C32H24BrN3O6. The van der Waals surface area contributed by atoms with Gasteiger partial charge in [-0.1, -0.05) is 54.6 Å². The average Bonchev–Trinajstić information content (AvgIpc) is 2.99. The molecule has 0 bridgehead atoms. The van der Waals surface area contributed by atoms with Crippen molar-refractivity contribution >= 4 is 57.1 Å². The highest BCUT2D eigenvalue weighted by Crippen LogP contribution is 2.29. The van der Waals surface area contributed by atoms with Crippen LogP contribution in [-0.2, 0) is 21.0 Å². The summed E-state index contributed by atoms with van der Waals surface area (Å²) in [5.41, 5.74) is 2.21. The Kier molecular flexibility index (Phi) is 8.74. The minimum atomic E-state index is -0.848. The number of carbonyl (C=O) groups is 4. The van der Waals surface area contributed by atoms with Gasteiger partial charge < -0.3 is 14.8 Å². The summed E-state index contributed by atoms with van der Waals surface area (Å²) in [7, 11) is 0. The maximum Gasteiger partial charge on any atom is 0.335 e. The lowest BCUT2D eigenvalue weighted by Gasteiger charge is -2.26. The number of nitrogens with zero attached hydrogens (tertiary/aromatic N) is 1. The van der Waals surface area contributed by atoms with Gasteiger partial charge in [-0.15, -0.1) is 0 Å². The second-order valence-electron chi connectivity index (χ2n) is 9.12. The highest BCUT2D eigenvalue weighted by atomic mass is 79.9. The molecule has 4 aromatic carbocycles. The number of carbonyl (C=O) groups excluding carboxylic acids is 4. The van der Waals surface area contributed by atoms with Crippen LogP contribution in [0.1, 0.15) is 11.1 Å². The van der Waals surface area contributed by atoms with Crippen molar-refractivity contribution in [1.29, 1.82) is 0 Å². The number of para-hydroxylation sites is 1. The summed E-state index contributed by atoms with van der Waals surface area (Å²) in [6.45, 7) is 0.146. The largest absolute Gasteiger partial charge is 0.489 e. The Morgan fingerprint density at radius 2 is 1.55 bits per heavy atom. The summed E-state index contributed by atoms with van der Waals surface area (Å²) >= 11 is 3.40. The summed E-state index contributed by atoms with van der Waals surface area (Å²) in [6.07, 6.45) is 1.38. The van der Waals surface area contributed by atoms with Gasteiger partial charge in [-0.25, -0.2) is 9.69 Å². The highest BCUT2D eigenvalue weighted by Gasteiger charge is 2.36. The summed E-state index contributed by atoms with van der Waals surface area (Å²) in [4.78, 5) is 51.6. The van der Waals surface area contributed by atoms with Gasteiger partial charge in [0.25, 0.3) is 17.7 Å². The van der Waals surface area contributed by atoms with E-state index in [1.54, 1.807) is 54.6 Å². The van der Waals surface area contributed by atoms with Crippen LogP contribution in [0.3, 0.4) is 0 Å². The van der Waals surface area contributed by atoms with Crippen LogP contribution in [0.2, 0.25) is 0 Å². The molecule has 1 aliphatic heterocycles. The highest BCUT2D eigenvalue weighted by molar-refractivity contribution is 9.10. The average molecular weight is 626 g/mol. The molecule has 2 N–H and O–H groups in total. The van der Waals surface area contributed by atoms with E-state index in [1.165, 1.54) is 6.08 Å². The summed E-state index contributed by atoms with van der Waals surface area (Å²) < 4.78 is 11.9. The third kappa shape index (κ3) is 6.91. The van der Waals surface area contributed by atoms with Crippen molar-refractivity contribution < 1.29 is 28.7 Å². The maximum absolute atomic E-state index is 13.3. The van der Waals surface area contributed by atoms with E-state index in [1.807, 2.05) is 48.5 Å². The van der Waals surface area contributed by atoms with Crippen molar-refractivity contribution in [3.8, 4) is 11.5 Å². The van der Waals surface area contributed by atoms with Gasteiger partial charge in [0, 0.05) is 5.69 Å². The van der Waals surface area contributed by atoms with Crippen molar-refractivity contribution in [2.24, 2.45) is 0 Å². The fourth-order valence-corrected chi connectivity index (χ4v) is 4.59. The molecule has 1 heterocycles. The molecule has 1 saturated heterocycles. The van der Waals surface area contributed by atoms with Crippen molar-refractivity contribution in [2.45, 2.75) is 6.61 Å². The van der Waals surface area contributed by atoms with Gasteiger partial charge in [0.15, 0.2) is 6.61 Å². The normalized spacial score (nSPS) is 14.0. The third-order valence-corrected chi connectivity index (χ3v) is 6.75. The molecular weight excluding hydrogens is 602 g/mol. The van der Waals surface area contributed by atoms with Crippen LogP contribution in [0.15, 0.2) is 113 Å². The zero-order valence-corrected chi connectivity index (χ0v) is 23.7. The van der Waals surface area contributed by atoms with Gasteiger partial charge in [0.1, 0.15) is 23.7 Å². The first-order valence-corrected chi connectivity index (χ1v) is 13.6. The van der Waals surface area contributed by atoms with Gasteiger partial charge in [-0.2, -0.15) is 0 Å². The van der Waals surface area contributed by atoms with Gasteiger partial charge >= 0.3 is 6.03 Å². The topological polar surface area (TPSA) is 114 Å². The van der Waals surface area contributed by atoms with Crippen molar-refractivity contribution in [2.75, 3.05) is 16.8 Å². The van der Waals surface area contributed by atoms with Crippen LogP contribution < -0.4 is 25.0 Å². The Balaban J connectivity index is 1.25. The number of benzene rings is 4. The van der Waals surface area contributed by atoms with E-state index in [0.29, 0.717) is 33.8 Å².